The number of likely N-dealkylation sites (N-methyl/N-ethyl adjacent to an activating group) is 1. The topological polar surface area (TPSA) is 125 Å². The van der Waals surface area contributed by atoms with Gasteiger partial charge in [0.25, 0.3) is 5.91 Å². The molecular formula is C16H22N4O5S. The van der Waals surface area contributed by atoms with Crippen molar-refractivity contribution in [1.82, 2.24) is 10.6 Å². The first-order valence-corrected chi connectivity index (χ1v) is 9.81. The van der Waals surface area contributed by atoms with E-state index < -0.39 is 45.0 Å². The van der Waals surface area contributed by atoms with Crippen molar-refractivity contribution in [3.63, 3.8) is 0 Å². The highest BCUT2D eigenvalue weighted by Crippen LogP contribution is 2.33. The number of rotatable bonds is 4. The third-order valence-electron chi connectivity index (χ3n) is 4.32. The van der Waals surface area contributed by atoms with Crippen LogP contribution in [0.5, 0.6) is 0 Å². The van der Waals surface area contributed by atoms with Gasteiger partial charge in [-0.05, 0) is 26.1 Å². The van der Waals surface area contributed by atoms with Crippen LogP contribution in [0.4, 0.5) is 11.4 Å². The van der Waals surface area contributed by atoms with Crippen LogP contribution in [0, 0.1) is 0 Å². The van der Waals surface area contributed by atoms with Crippen LogP contribution in [0.2, 0.25) is 0 Å². The summed E-state index contributed by atoms with van der Waals surface area (Å²) in [6, 6.07) is 5.72. The molecule has 0 aliphatic carbocycles. The normalized spacial score (nSPS) is 21.2. The summed E-state index contributed by atoms with van der Waals surface area (Å²) in [5.41, 5.74) is 0.643. The van der Waals surface area contributed by atoms with Crippen LogP contribution in [-0.2, 0) is 24.2 Å². The smallest absolute Gasteiger partial charge is 0.277 e. The minimum absolute atomic E-state index is 0.228. The van der Waals surface area contributed by atoms with Crippen LogP contribution in [0.3, 0.4) is 0 Å². The molecule has 0 bridgehead atoms. The van der Waals surface area contributed by atoms with Crippen molar-refractivity contribution in [3.05, 3.63) is 24.3 Å². The van der Waals surface area contributed by atoms with E-state index in [1.807, 2.05) is 0 Å². The second kappa shape index (κ2) is 7.04. The summed E-state index contributed by atoms with van der Waals surface area (Å²) in [5, 5.41) is 7.89. The van der Waals surface area contributed by atoms with Gasteiger partial charge in [-0.25, -0.2) is 13.3 Å². The molecule has 3 amide bonds. The fourth-order valence-corrected chi connectivity index (χ4v) is 3.66. The molecule has 1 heterocycles. The zero-order chi connectivity index (χ0) is 19.7. The maximum Gasteiger partial charge on any atom is 0.277 e. The Balaban J connectivity index is 2.65. The molecule has 0 spiro atoms. The predicted molar refractivity (Wildman–Crippen MR) is 97.3 cm³/mol. The molecule has 10 heteroatoms. The molecule has 2 unspecified atom stereocenters. The highest BCUT2D eigenvalue weighted by atomic mass is 32.2. The SMILES string of the molecule is CNC(C)C(=O)NC1(S(C)(=O)=O)CNc2ccccc2N(C(C)=O)C1=O. The van der Waals surface area contributed by atoms with Gasteiger partial charge >= 0.3 is 0 Å². The number of benzene rings is 1. The number of para-hydroxylation sites is 2. The number of hydrogen-bond donors (Lipinski definition) is 3. The number of amides is 3. The first-order valence-electron chi connectivity index (χ1n) is 7.92. The number of imide groups is 1. The number of anilines is 2. The largest absolute Gasteiger partial charge is 0.379 e. The van der Waals surface area contributed by atoms with Gasteiger partial charge in [0, 0.05) is 13.2 Å². The van der Waals surface area contributed by atoms with E-state index in [9.17, 15) is 22.8 Å². The molecule has 1 aliphatic heterocycles. The Kier molecular flexibility index (Phi) is 5.38. The van der Waals surface area contributed by atoms with Crippen molar-refractivity contribution in [3.8, 4) is 0 Å². The van der Waals surface area contributed by atoms with Gasteiger partial charge in [0.15, 0.2) is 9.84 Å². The van der Waals surface area contributed by atoms with Crippen LogP contribution < -0.4 is 20.9 Å². The number of carbonyl (C=O) groups excluding carboxylic acids is 3. The number of nitrogens with zero attached hydrogens (tertiary/aromatic N) is 1. The average Bonchev–Trinajstić information content (AvgIpc) is 2.69. The number of nitrogens with one attached hydrogen (secondary N) is 3. The van der Waals surface area contributed by atoms with Crippen LogP contribution in [0.1, 0.15) is 13.8 Å². The summed E-state index contributed by atoms with van der Waals surface area (Å²) in [4.78, 5) is 36.2. The molecule has 0 radical (unpaired) electrons. The van der Waals surface area contributed by atoms with Gasteiger partial charge in [-0.1, -0.05) is 12.1 Å². The zero-order valence-corrected chi connectivity index (χ0v) is 15.8. The lowest BCUT2D eigenvalue weighted by Crippen LogP contribution is -2.68. The Labute approximate surface area is 152 Å². The maximum absolute atomic E-state index is 13.2. The molecule has 1 aliphatic rings. The minimum atomic E-state index is -4.15. The lowest BCUT2D eigenvalue weighted by Gasteiger charge is -2.33. The molecule has 9 nitrogen and oxygen atoms in total. The lowest BCUT2D eigenvalue weighted by atomic mass is 10.2. The monoisotopic (exact) mass is 382 g/mol. The molecule has 0 fully saturated rings. The standard InChI is InChI=1S/C16H22N4O5S/c1-10(17-3)14(22)19-16(26(4,24)25)9-18-12-7-5-6-8-13(12)20(11(2)21)15(16)23/h5-8,10,17-18H,9H2,1-4H3,(H,19,22). The van der Waals surface area contributed by atoms with E-state index in [-0.39, 0.29) is 5.69 Å². The number of carbonyl (C=O) groups is 3. The van der Waals surface area contributed by atoms with Gasteiger partial charge in [0.05, 0.1) is 24.0 Å². The van der Waals surface area contributed by atoms with Crippen molar-refractivity contribution < 1.29 is 22.8 Å². The molecule has 1 aromatic carbocycles. The van der Waals surface area contributed by atoms with E-state index in [0.717, 1.165) is 18.1 Å². The van der Waals surface area contributed by atoms with Crippen LogP contribution in [0.15, 0.2) is 24.3 Å². The third-order valence-corrected chi connectivity index (χ3v) is 6.01. The van der Waals surface area contributed by atoms with Crippen molar-refractivity contribution in [2.75, 3.05) is 30.1 Å². The average molecular weight is 382 g/mol. The second-order valence-electron chi connectivity index (χ2n) is 6.13. The molecule has 2 rings (SSSR count). The van der Waals surface area contributed by atoms with Crippen LogP contribution in [0.25, 0.3) is 0 Å². The fourth-order valence-electron chi connectivity index (χ4n) is 2.63. The van der Waals surface area contributed by atoms with Gasteiger partial charge < -0.3 is 16.0 Å². The quantitative estimate of drug-likeness (QED) is 0.638. The summed E-state index contributed by atoms with van der Waals surface area (Å²) in [6.07, 6.45) is 0.852. The van der Waals surface area contributed by atoms with E-state index >= 15 is 0 Å². The number of sulfone groups is 1. The highest BCUT2D eigenvalue weighted by molar-refractivity contribution is 7.93. The third kappa shape index (κ3) is 3.29. The Bertz CT molecular complexity index is 854. The Morgan fingerprint density at radius 3 is 2.46 bits per heavy atom. The Morgan fingerprint density at radius 2 is 1.92 bits per heavy atom. The van der Waals surface area contributed by atoms with Crippen molar-refractivity contribution in [2.24, 2.45) is 0 Å². The van der Waals surface area contributed by atoms with Crippen molar-refractivity contribution in [1.29, 1.82) is 0 Å². The van der Waals surface area contributed by atoms with Gasteiger partial charge in [-0.15, -0.1) is 0 Å². The van der Waals surface area contributed by atoms with Gasteiger partial charge in [-0.2, -0.15) is 0 Å². The van der Waals surface area contributed by atoms with Crippen molar-refractivity contribution >= 4 is 38.9 Å². The molecular weight excluding hydrogens is 360 g/mol. The van der Waals surface area contributed by atoms with Gasteiger partial charge in [0.1, 0.15) is 0 Å². The summed E-state index contributed by atoms with van der Waals surface area (Å²) < 4.78 is 25.2. The molecule has 3 N–H and O–H groups in total. The van der Waals surface area contributed by atoms with Gasteiger partial charge in [-0.3, -0.25) is 14.4 Å². The fraction of sp³-hybridized carbons (Fsp3) is 0.438. The van der Waals surface area contributed by atoms with Gasteiger partial charge in [0.2, 0.25) is 16.7 Å². The van der Waals surface area contributed by atoms with E-state index in [1.165, 1.54) is 20.0 Å². The van der Waals surface area contributed by atoms with Crippen molar-refractivity contribution in [2.45, 2.75) is 24.8 Å². The van der Waals surface area contributed by atoms with E-state index in [2.05, 4.69) is 16.0 Å². The first-order chi connectivity index (χ1) is 12.0. The van der Waals surface area contributed by atoms with E-state index in [4.69, 9.17) is 0 Å². The molecule has 0 aromatic heterocycles. The summed E-state index contributed by atoms with van der Waals surface area (Å²) >= 11 is 0. The molecule has 26 heavy (non-hydrogen) atoms. The lowest BCUT2D eigenvalue weighted by molar-refractivity contribution is -0.132. The molecule has 2 atom stereocenters. The maximum atomic E-state index is 13.2. The number of fused-ring (bicyclic) bond motifs is 1. The van der Waals surface area contributed by atoms with Crippen LogP contribution in [-0.4, -0.2) is 56.9 Å². The van der Waals surface area contributed by atoms with Crippen LogP contribution >= 0.6 is 0 Å². The Morgan fingerprint density at radius 1 is 1.31 bits per heavy atom. The molecule has 0 saturated heterocycles. The first kappa shape index (κ1) is 19.9. The molecule has 142 valence electrons. The zero-order valence-electron chi connectivity index (χ0n) is 15.0. The second-order valence-corrected chi connectivity index (χ2v) is 8.37. The Hall–Kier alpha value is -2.46. The highest BCUT2D eigenvalue weighted by Gasteiger charge is 2.54. The summed E-state index contributed by atoms with van der Waals surface area (Å²) in [6.45, 7) is 2.27. The van der Waals surface area contributed by atoms with E-state index in [1.54, 1.807) is 18.2 Å². The summed E-state index contributed by atoms with van der Waals surface area (Å²) in [7, 11) is -2.62. The predicted octanol–water partition coefficient (Wildman–Crippen LogP) is -0.543. The van der Waals surface area contributed by atoms with E-state index in [0.29, 0.717) is 5.69 Å². The minimum Gasteiger partial charge on any atom is -0.379 e. The molecule has 0 saturated carbocycles. The number of hydrogen-bond acceptors (Lipinski definition) is 7. The summed E-state index contributed by atoms with van der Waals surface area (Å²) in [5.74, 6) is -2.36. The molecule has 1 aromatic rings.